The lowest BCUT2D eigenvalue weighted by Crippen LogP contribution is -2.44. The van der Waals surface area contributed by atoms with Gasteiger partial charge in [-0.05, 0) is 103 Å². The lowest BCUT2D eigenvalue weighted by Gasteiger charge is -2.48. The summed E-state index contributed by atoms with van der Waals surface area (Å²) < 4.78 is 19.7. The molecule has 0 aromatic heterocycles. The molecular weight excluding hydrogens is 729 g/mol. The van der Waals surface area contributed by atoms with E-state index in [9.17, 15) is 15.8 Å². The number of nitriles is 3. The van der Waals surface area contributed by atoms with Crippen LogP contribution in [0.2, 0.25) is 0 Å². The fraction of sp³-hybridized carbons (Fsp3) is 0.558. The second kappa shape index (κ2) is 19.4. The second-order valence-corrected chi connectivity index (χ2v) is 18.7. The number of anilines is 1. The van der Waals surface area contributed by atoms with Crippen molar-refractivity contribution >= 4 is 23.9 Å². The first kappa shape index (κ1) is 45.2. The maximum Gasteiger partial charge on any atom is 0.172 e. The van der Waals surface area contributed by atoms with Gasteiger partial charge in [-0.25, -0.2) is 0 Å². The molecular formula is C52H68N4O3. The minimum absolute atomic E-state index is 0.0262. The molecule has 0 N–H and O–H groups in total. The highest BCUT2D eigenvalue weighted by Gasteiger charge is 2.40. The van der Waals surface area contributed by atoms with Gasteiger partial charge in [0.2, 0.25) is 0 Å². The van der Waals surface area contributed by atoms with Crippen LogP contribution in [0.5, 0.6) is 11.5 Å². The van der Waals surface area contributed by atoms with Gasteiger partial charge in [-0.15, -0.1) is 0 Å². The van der Waals surface area contributed by atoms with E-state index in [1.165, 1.54) is 28.8 Å². The molecule has 59 heavy (non-hydrogen) atoms. The molecule has 0 fully saturated rings. The molecule has 7 heteroatoms. The van der Waals surface area contributed by atoms with E-state index in [0.29, 0.717) is 30.6 Å². The second-order valence-electron chi connectivity index (χ2n) is 18.7. The van der Waals surface area contributed by atoms with E-state index in [2.05, 4.69) is 103 Å². The molecule has 2 atom stereocenters. The number of hydrogen-bond donors (Lipinski definition) is 0. The zero-order valence-electron chi connectivity index (χ0n) is 37.7. The van der Waals surface area contributed by atoms with Gasteiger partial charge in [0.15, 0.2) is 11.3 Å². The van der Waals surface area contributed by atoms with Crippen LogP contribution in [0.15, 0.2) is 52.8 Å². The molecule has 0 spiro atoms. The average molecular weight is 797 g/mol. The van der Waals surface area contributed by atoms with Crippen molar-refractivity contribution in [1.82, 2.24) is 0 Å². The predicted molar refractivity (Wildman–Crippen MR) is 242 cm³/mol. The molecule has 5 rings (SSSR count). The number of nitrogens with zero attached hydrogens (tertiary/aromatic N) is 4. The minimum Gasteiger partial charge on any atom is -0.493 e. The van der Waals surface area contributed by atoms with Crippen molar-refractivity contribution in [2.24, 2.45) is 11.8 Å². The molecule has 3 aliphatic rings. The number of unbranched alkanes of at least 4 members (excludes halogenated alkanes) is 2. The Kier molecular flexibility index (Phi) is 14.9. The number of hydrogen-bond acceptors (Lipinski definition) is 7. The van der Waals surface area contributed by atoms with Crippen LogP contribution < -0.4 is 14.4 Å². The van der Waals surface area contributed by atoms with Crippen LogP contribution in [0.4, 0.5) is 5.69 Å². The van der Waals surface area contributed by atoms with Crippen LogP contribution in [-0.4, -0.2) is 31.9 Å². The van der Waals surface area contributed by atoms with Crippen molar-refractivity contribution in [2.75, 3.05) is 31.2 Å². The van der Waals surface area contributed by atoms with Crippen LogP contribution in [-0.2, 0) is 15.6 Å². The standard InChI is InChI=1S/C52H68N4O3/c1-11-15-17-36(13-3)34-57-46-30-40(21-22-43-42(33-55)49(41(31-53)32-54)59-52(43,9)10)47(58-35-37(14-4)18-16-12-2)29-39(46)20-19-38-27-44-48-45(28-38)51(7,8)24-26-56(48)25-23-50(44,5)6/h19-22,27-30,36-37H,11-18,23-26,34-35H2,1-10H3/b20-19+,22-21+. The lowest BCUT2D eigenvalue weighted by atomic mass is 9.69. The Bertz CT molecular complexity index is 2040. The average Bonchev–Trinajstić information content (AvgIpc) is 3.47. The van der Waals surface area contributed by atoms with Crippen LogP contribution in [0.3, 0.4) is 0 Å². The SMILES string of the molecule is CCCCC(CC)COc1cc(/C=C/c2cc3c4c(c2)C(C)(C)CCN4CCC3(C)C)c(OCC(CC)CCCC)cc1/C=C/C1=C(C#N)C(=C(C#N)C#N)OC1(C)C. The van der Waals surface area contributed by atoms with Gasteiger partial charge in [0.1, 0.15) is 40.9 Å². The Hall–Kier alpha value is -4.93. The van der Waals surface area contributed by atoms with Gasteiger partial charge >= 0.3 is 0 Å². The van der Waals surface area contributed by atoms with Crippen LogP contribution in [0, 0.1) is 45.8 Å². The molecule has 2 unspecified atom stereocenters. The van der Waals surface area contributed by atoms with Crippen molar-refractivity contribution in [1.29, 1.82) is 15.8 Å². The smallest absolute Gasteiger partial charge is 0.172 e. The zero-order chi connectivity index (χ0) is 43.0. The molecule has 0 saturated heterocycles. The zero-order valence-corrected chi connectivity index (χ0v) is 37.7. The van der Waals surface area contributed by atoms with Gasteiger partial charge in [-0.3, -0.25) is 0 Å². The Morgan fingerprint density at radius 3 is 1.66 bits per heavy atom. The summed E-state index contributed by atoms with van der Waals surface area (Å²) in [5.41, 5.74) is 7.10. The van der Waals surface area contributed by atoms with Gasteiger partial charge in [0, 0.05) is 35.5 Å². The number of benzene rings is 2. The quantitative estimate of drug-likeness (QED) is 0.109. The summed E-state index contributed by atoms with van der Waals surface area (Å²) in [5, 5.41) is 29.5. The summed E-state index contributed by atoms with van der Waals surface area (Å²) >= 11 is 0. The first-order valence-electron chi connectivity index (χ1n) is 22.3. The van der Waals surface area contributed by atoms with Crippen molar-refractivity contribution < 1.29 is 14.2 Å². The lowest BCUT2D eigenvalue weighted by molar-refractivity contribution is 0.0954. The van der Waals surface area contributed by atoms with Crippen LogP contribution in [0.1, 0.15) is 161 Å². The molecule has 3 aliphatic heterocycles. The fourth-order valence-corrected chi connectivity index (χ4v) is 8.71. The summed E-state index contributed by atoms with van der Waals surface area (Å²) in [6, 6.07) is 15.0. The third-order valence-corrected chi connectivity index (χ3v) is 13.0. The van der Waals surface area contributed by atoms with E-state index in [1.807, 2.05) is 38.1 Å². The Balaban J connectivity index is 1.66. The van der Waals surface area contributed by atoms with Crippen molar-refractivity contribution in [3.05, 3.63) is 80.6 Å². The highest BCUT2D eigenvalue weighted by atomic mass is 16.5. The van der Waals surface area contributed by atoms with E-state index < -0.39 is 5.60 Å². The van der Waals surface area contributed by atoms with Crippen molar-refractivity contribution in [3.8, 4) is 29.7 Å². The van der Waals surface area contributed by atoms with E-state index in [1.54, 1.807) is 0 Å². The van der Waals surface area contributed by atoms with E-state index in [-0.39, 0.29) is 27.7 Å². The number of ether oxygens (including phenoxy) is 3. The summed E-state index contributed by atoms with van der Waals surface area (Å²) in [6.45, 7) is 25.6. The van der Waals surface area contributed by atoms with Crippen LogP contribution >= 0.6 is 0 Å². The summed E-state index contributed by atoms with van der Waals surface area (Å²) in [7, 11) is 0. The molecule has 2 aromatic carbocycles. The maximum atomic E-state index is 10.3. The Morgan fingerprint density at radius 1 is 0.729 bits per heavy atom. The van der Waals surface area contributed by atoms with Gasteiger partial charge in [-0.1, -0.05) is 118 Å². The van der Waals surface area contributed by atoms with Gasteiger partial charge in [0.25, 0.3) is 0 Å². The largest absolute Gasteiger partial charge is 0.493 e. The maximum absolute atomic E-state index is 10.3. The Morgan fingerprint density at radius 2 is 1.22 bits per heavy atom. The van der Waals surface area contributed by atoms with E-state index in [4.69, 9.17) is 14.2 Å². The third kappa shape index (κ3) is 10.3. The van der Waals surface area contributed by atoms with Gasteiger partial charge in [0.05, 0.1) is 13.2 Å². The molecule has 0 amide bonds. The summed E-state index contributed by atoms with van der Waals surface area (Å²) in [4.78, 5) is 2.61. The highest BCUT2D eigenvalue weighted by Crippen LogP contribution is 2.50. The van der Waals surface area contributed by atoms with Crippen molar-refractivity contribution in [3.63, 3.8) is 0 Å². The first-order valence-corrected chi connectivity index (χ1v) is 22.3. The fourth-order valence-electron chi connectivity index (χ4n) is 8.71. The van der Waals surface area contributed by atoms with Gasteiger partial charge in [-0.2, -0.15) is 15.8 Å². The van der Waals surface area contributed by atoms with E-state index >= 15 is 0 Å². The van der Waals surface area contributed by atoms with Gasteiger partial charge < -0.3 is 19.1 Å². The Labute approximate surface area is 356 Å². The highest BCUT2D eigenvalue weighted by molar-refractivity contribution is 5.79. The molecule has 0 bridgehead atoms. The predicted octanol–water partition coefficient (Wildman–Crippen LogP) is 13.2. The van der Waals surface area contributed by atoms with E-state index in [0.717, 1.165) is 93.5 Å². The topological polar surface area (TPSA) is 102 Å². The number of allylic oxidation sites excluding steroid dienone is 2. The monoisotopic (exact) mass is 797 g/mol. The third-order valence-electron chi connectivity index (χ3n) is 13.0. The molecule has 0 aliphatic carbocycles. The minimum atomic E-state index is -0.936. The molecule has 0 radical (unpaired) electrons. The van der Waals surface area contributed by atoms with Crippen molar-refractivity contribution in [2.45, 2.75) is 150 Å². The van der Waals surface area contributed by atoms with Crippen LogP contribution in [0.25, 0.3) is 18.2 Å². The molecule has 3 heterocycles. The first-order chi connectivity index (χ1) is 28.2. The molecule has 7 nitrogen and oxygen atoms in total. The summed E-state index contributed by atoms with van der Waals surface area (Å²) in [5.74, 6) is 2.40. The molecule has 314 valence electrons. The normalized spacial score (nSPS) is 18.5. The summed E-state index contributed by atoms with van der Waals surface area (Å²) in [6.07, 6.45) is 19.5. The molecule has 0 saturated carbocycles. The number of rotatable bonds is 18. The molecule has 2 aromatic rings.